The van der Waals surface area contributed by atoms with E-state index in [4.69, 9.17) is 5.26 Å². The van der Waals surface area contributed by atoms with Crippen LogP contribution in [0.15, 0.2) is 48.8 Å². The van der Waals surface area contributed by atoms with E-state index in [2.05, 4.69) is 26.2 Å². The smallest absolute Gasteiger partial charge is 0.416 e. The van der Waals surface area contributed by atoms with Crippen LogP contribution in [0.25, 0.3) is 5.69 Å². The second kappa shape index (κ2) is 14.1. The summed E-state index contributed by atoms with van der Waals surface area (Å²) < 4.78 is 71.9. The predicted octanol–water partition coefficient (Wildman–Crippen LogP) is 5.11. The highest BCUT2D eigenvalue weighted by Gasteiger charge is 2.43. The predicted molar refractivity (Wildman–Crippen MR) is 169 cm³/mol. The van der Waals surface area contributed by atoms with E-state index < -0.39 is 53.0 Å². The molecule has 260 valence electrons. The molecule has 0 saturated carbocycles. The number of halogens is 5. The molecule has 10 nitrogen and oxygen atoms in total. The van der Waals surface area contributed by atoms with Crippen LogP contribution in [-0.4, -0.2) is 88.2 Å². The normalized spacial score (nSPS) is 21.5. The number of carboxylic acids is 1. The first-order chi connectivity index (χ1) is 23.4. The van der Waals surface area contributed by atoms with E-state index in [0.717, 1.165) is 37.1 Å². The Hall–Kier alpha value is -4.55. The Morgan fingerprint density at radius 1 is 0.980 bits per heavy atom. The van der Waals surface area contributed by atoms with Gasteiger partial charge in [0.2, 0.25) is 11.9 Å². The Labute approximate surface area is 279 Å². The molecule has 6 rings (SSSR count). The molecule has 15 heteroatoms. The van der Waals surface area contributed by atoms with Gasteiger partial charge < -0.3 is 10.0 Å². The molecule has 0 radical (unpaired) electrons. The third-order valence-corrected chi connectivity index (χ3v) is 10.0. The number of alkyl halides is 3. The lowest BCUT2D eigenvalue weighted by molar-refractivity contribution is -0.142. The standard InChI is InChI=1S/C34H36F5N7O3/c35-23-2-3-25(28(36)18-23)26-19-45(24-7-11-43(12-8-24)15-9-40)20-27(26)31(47)42-33-41-10-16-46(33)29-4-1-22(34(37,38)39)17-30(29)44-13-5-21(6-14-44)32(48)49/h1-4,10,16-18,21,24,26-27H,5-8,11-15,19-20H2,(H,48,49)(H,41,42,47)/t26-,27+/m0/s1. The number of nitriles is 1. The molecule has 3 aromatic rings. The van der Waals surface area contributed by atoms with E-state index in [1.54, 1.807) is 4.90 Å². The number of likely N-dealkylation sites (tertiary alicyclic amines) is 2. The van der Waals surface area contributed by atoms with Crippen LogP contribution in [0.4, 0.5) is 33.6 Å². The Morgan fingerprint density at radius 3 is 2.37 bits per heavy atom. The number of aliphatic carboxylic acids is 1. The summed E-state index contributed by atoms with van der Waals surface area (Å²) in [5, 5.41) is 21.3. The maximum absolute atomic E-state index is 15.2. The van der Waals surface area contributed by atoms with Gasteiger partial charge in [-0.05, 0) is 55.5 Å². The average molecular weight is 686 g/mol. The fourth-order valence-electron chi connectivity index (χ4n) is 7.38. The van der Waals surface area contributed by atoms with Gasteiger partial charge in [-0.2, -0.15) is 18.4 Å². The summed E-state index contributed by atoms with van der Waals surface area (Å²) in [6.07, 6.45) is 0.341. The average Bonchev–Trinajstić information content (AvgIpc) is 3.72. The summed E-state index contributed by atoms with van der Waals surface area (Å²) >= 11 is 0. The summed E-state index contributed by atoms with van der Waals surface area (Å²) in [4.78, 5) is 35.8. The van der Waals surface area contributed by atoms with E-state index >= 15 is 4.39 Å². The highest BCUT2D eigenvalue weighted by Crippen LogP contribution is 2.39. The van der Waals surface area contributed by atoms with Gasteiger partial charge in [0.05, 0.1) is 41.4 Å². The molecule has 3 saturated heterocycles. The van der Waals surface area contributed by atoms with Gasteiger partial charge in [0.1, 0.15) is 11.6 Å². The van der Waals surface area contributed by atoms with Crippen molar-refractivity contribution in [1.82, 2.24) is 19.4 Å². The summed E-state index contributed by atoms with van der Waals surface area (Å²) in [5.41, 5.74) is -0.129. The largest absolute Gasteiger partial charge is 0.481 e. The number of carboxylic acid groups (broad SMARTS) is 1. The first-order valence-electron chi connectivity index (χ1n) is 16.2. The molecule has 1 aromatic heterocycles. The molecule has 3 aliphatic rings. The van der Waals surface area contributed by atoms with Gasteiger partial charge in [0.25, 0.3) is 0 Å². The van der Waals surface area contributed by atoms with E-state index in [1.807, 2.05) is 0 Å². The molecule has 0 unspecified atom stereocenters. The van der Waals surface area contributed by atoms with Gasteiger partial charge in [-0.25, -0.2) is 13.8 Å². The number of anilines is 2. The number of nitrogens with one attached hydrogen (secondary N) is 1. The number of carbonyl (C=O) groups excluding carboxylic acids is 1. The van der Waals surface area contributed by atoms with Gasteiger partial charge in [-0.1, -0.05) is 6.07 Å². The number of benzene rings is 2. The molecule has 0 aliphatic carbocycles. The summed E-state index contributed by atoms with van der Waals surface area (Å²) in [7, 11) is 0. The molecule has 2 aromatic carbocycles. The first-order valence-corrected chi connectivity index (χ1v) is 16.2. The fraction of sp³-hybridized carbons (Fsp3) is 0.471. The number of nitrogens with zero attached hydrogens (tertiary/aromatic N) is 6. The maximum atomic E-state index is 15.2. The molecule has 2 N–H and O–H groups in total. The van der Waals surface area contributed by atoms with Gasteiger partial charge in [0.15, 0.2) is 0 Å². The SMILES string of the molecule is N#CCN1CCC(N2C[C@@H](C(=O)Nc3nccn3-c3ccc(C(F)(F)F)cc3N3CCC(C(=O)O)CC3)[C@H](c3ccc(F)cc3F)C2)CC1. The highest BCUT2D eigenvalue weighted by atomic mass is 19.4. The monoisotopic (exact) mass is 685 g/mol. The van der Waals surface area contributed by atoms with Crippen molar-refractivity contribution in [3.05, 3.63) is 71.6 Å². The van der Waals surface area contributed by atoms with Crippen molar-refractivity contribution >= 4 is 23.5 Å². The van der Waals surface area contributed by atoms with Gasteiger partial charge in [-0.15, -0.1) is 0 Å². The zero-order chi connectivity index (χ0) is 34.9. The number of carbonyl (C=O) groups is 2. The number of imidazole rings is 1. The highest BCUT2D eigenvalue weighted by molar-refractivity contribution is 5.92. The number of aromatic nitrogens is 2. The van der Waals surface area contributed by atoms with Crippen molar-refractivity contribution in [2.24, 2.45) is 11.8 Å². The minimum absolute atomic E-state index is 0.0491. The Morgan fingerprint density at radius 2 is 1.71 bits per heavy atom. The first kappa shape index (κ1) is 34.3. The van der Waals surface area contributed by atoms with E-state index in [9.17, 15) is 32.3 Å². The number of rotatable bonds is 8. The van der Waals surface area contributed by atoms with Crippen molar-refractivity contribution in [2.45, 2.75) is 43.8 Å². The second-order valence-electron chi connectivity index (χ2n) is 12.9. The van der Waals surface area contributed by atoms with Crippen LogP contribution in [0.1, 0.15) is 42.7 Å². The van der Waals surface area contributed by atoms with Crippen molar-refractivity contribution in [3.8, 4) is 11.8 Å². The molecular weight excluding hydrogens is 649 g/mol. The van der Waals surface area contributed by atoms with Crippen LogP contribution < -0.4 is 10.2 Å². The zero-order valence-electron chi connectivity index (χ0n) is 26.5. The van der Waals surface area contributed by atoms with Crippen LogP contribution in [0.3, 0.4) is 0 Å². The van der Waals surface area contributed by atoms with E-state index in [0.29, 0.717) is 38.4 Å². The summed E-state index contributed by atoms with van der Waals surface area (Å²) in [5.74, 6) is -4.82. The van der Waals surface area contributed by atoms with Crippen molar-refractivity contribution in [2.75, 3.05) is 56.0 Å². The molecule has 0 spiro atoms. The van der Waals surface area contributed by atoms with Crippen molar-refractivity contribution in [1.29, 1.82) is 5.26 Å². The van der Waals surface area contributed by atoms with E-state index in [-0.39, 0.29) is 49.2 Å². The van der Waals surface area contributed by atoms with Crippen LogP contribution in [-0.2, 0) is 15.8 Å². The lowest BCUT2D eigenvalue weighted by Gasteiger charge is -2.35. The molecule has 2 atom stereocenters. The van der Waals surface area contributed by atoms with E-state index in [1.165, 1.54) is 29.1 Å². The molecular formula is C34H36F5N7O3. The lowest BCUT2D eigenvalue weighted by Crippen LogP contribution is -2.44. The third kappa shape index (κ3) is 7.40. The zero-order valence-corrected chi connectivity index (χ0v) is 26.5. The quantitative estimate of drug-likeness (QED) is 0.248. The second-order valence-corrected chi connectivity index (χ2v) is 12.9. The minimum atomic E-state index is -4.62. The Bertz CT molecular complexity index is 1730. The van der Waals surface area contributed by atoms with Crippen LogP contribution in [0, 0.1) is 34.8 Å². The van der Waals surface area contributed by atoms with Gasteiger partial charge in [0, 0.05) is 69.7 Å². The Kier molecular flexibility index (Phi) is 9.89. The number of hydrogen-bond acceptors (Lipinski definition) is 7. The fourth-order valence-corrected chi connectivity index (χ4v) is 7.38. The number of piperidine rings is 2. The van der Waals surface area contributed by atoms with Gasteiger partial charge in [-0.3, -0.25) is 29.3 Å². The van der Waals surface area contributed by atoms with Crippen molar-refractivity contribution < 1.29 is 36.6 Å². The lowest BCUT2D eigenvalue weighted by atomic mass is 9.88. The Balaban J connectivity index is 1.27. The van der Waals surface area contributed by atoms with Crippen LogP contribution in [0.5, 0.6) is 0 Å². The van der Waals surface area contributed by atoms with Gasteiger partial charge >= 0.3 is 12.1 Å². The summed E-state index contributed by atoms with van der Waals surface area (Å²) in [6, 6.07) is 8.84. The number of hydrogen-bond donors (Lipinski definition) is 2. The minimum Gasteiger partial charge on any atom is -0.481 e. The molecule has 3 aliphatic heterocycles. The summed E-state index contributed by atoms with van der Waals surface area (Å²) in [6.45, 7) is 2.84. The number of amides is 1. The molecule has 49 heavy (non-hydrogen) atoms. The maximum Gasteiger partial charge on any atom is 0.416 e. The topological polar surface area (TPSA) is 118 Å². The molecule has 3 fully saturated rings. The van der Waals surface area contributed by atoms with Crippen molar-refractivity contribution in [3.63, 3.8) is 0 Å². The third-order valence-electron chi connectivity index (χ3n) is 10.0. The molecule has 4 heterocycles. The van der Waals surface area contributed by atoms with Crippen LogP contribution >= 0.6 is 0 Å². The van der Waals surface area contributed by atoms with Crippen LogP contribution in [0.2, 0.25) is 0 Å². The molecule has 1 amide bonds. The molecule has 0 bridgehead atoms.